The number of fused-ring (bicyclic) bond motifs is 2. The highest BCUT2D eigenvalue weighted by Crippen LogP contribution is 2.33. The maximum atomic E-state index is 13.1. The number of carbonyl (C=O) groups excluding carboxylic acids is 1. The van der Waals surface area contributed by atoms with Crippen molar-refractivity contribution in [3.05, 3.63) is 45.6 Å². The first-order chi connectivity index (χ1) is 15.2. The van der Waals surface area contributed by atoms with E-state index in [0.717, 1.165) is 25.0 Å². The number of thiophene rings is 1. The van der Waals surface area contributed by atoms with Gasteiger partial charge in [-0.3, -0.25) is 14.2 Å². The molecule has 2 aliphatic rings. The first kappa shape index (κ1) is 20.3. The van der Waals surface area contributed by atoms with Crippen LogP contribution < -0.4 is 20.3 Å². The minimum atomic E-state index is -0.111. The first-order valence-corrected chi connectivity index (χ1v) is 11.9. The molecule has 4 heterocycles. The standard InChI is InChI=1S/C21H21N3O5S2/c25-18(22-9-14-2-1-6-27-14)11-31-21-23-15-5-7-30-19(15)20(26)24(21)10-13-3-4-16-17(8-13)29-12-28-16/h3-5,7-8,14H,1-2,6,9-12H2,(H,22,25). The third-order valence-electron chi connectivity index (χ3n) is 5.19. The lowest BCUT2D eigenvalue weighted by Gasteiger charge is -2.13. The van der Waals surface area contributed by atoms with Gasteiger partial charge in [-0.15, -0.1) is 11.3 Å². The van der Waals surface area contributed by atoms with Crippen molar-refractivity contribution < 1.29 is 19.0 Å². The van der Waals surface area contributed by atoms with Gasteiger partial charge in [0.1, 0.15) is 4.70 Å². The SMILES string of the molecule is O=C(CSc1nc2ccsc2c(=O)n1Cc1ccc2c(c1)OCO2)NCC1CCCO1. The molecule has 0 radical (unpaired) electrons. The second kappa shape index (κ2) is 8.89. The number of ether oxygens (including phenoxy) is 3. The minimum Gasteiger partial charge on any atom is -0.454 e. The molecule has 1 unspecified atom stereocenters. The second-order valence-corrected chi connectivity index (χ2v) is 9.19. The number of hydrogen-bond donors (Lipinski definition) is 1. The lowest BCUT2D eigenvalue weighted by molar-refractivity contribution is -0.119. The molecule has 0 saturated carbocycles. The van der Waals surface area contributed by atoms with Crippen LogP contribution in [0.4, 0.5) is 0 Å². The van der Waals surface area contributed by atoms with Gasteiger partial charge in [0.25, 0.3) is 5.56 Å². The normalized spacial score (nSPS) is 17.4. The van der Waals surface area contributed by atoms with Crippen LogP contribution in [0.3, 0.4) is 0 Å². The second-order valence-electron chi connectivity index (χ2n) is 7.34. The Kier molecular flexibility index (Phi) is 5.84. The molecule has 8 nitrogen and oxygen atoms in total. The number of nitrogens with zero attached hydrogens (tertiary/aromatic N) is 2. The molecule has 2 aliphatic heterocycles. The fourth-order valence-corrected chi connectivity index (χ4v) is 5.22. The van der Waals surface area contributed by atoms with Crippen molar-refractivity contribution in [1.82, 2.24) is 14.9 Å². The molecule has 1 fully saturated rings. The summed E-state index contributed by atoms with van der Waals surface area (Å²) in [6.07, 6.45) is 2.10. The summed E-state index contributed by atoms with van der Waals surface area (Å²) in [5, 5.41) is 5.28. The van der Waals surface area contributed by atoms with E-state index in [1.165, 1.54) is 23.1 Å². The van der Waals surface area contributed by atoms with Crippen LogP contribution in [0.1, 0.15) is 18.4 Å². The quantitative estimate of drug-likeness (QED) is 0.429. The number of nitrogens with one attached hydrogen (secondary N) is 1. The van der Waals surface area contributed by atoms with Gasteiger partial charge < -0.3 is 19.5 Å². The molecule has 5 rings (SSSR count). The van der Waals surface area contributed by atoms with E-state index in [1.807, 2.05) is 29.6 Å². The van der Waals surface area contributed by atoms with Crippen molar-refractivity contribution in [2.45, 2.75) is 30.6 Å². The maximum absolute atomic E-state index is 13.1. The van der Waals surface area contributed by atoms with E-state index < -0.39 is 0 Å². The molecule has 31 heavy (non-hydrogen) atoms. The zero-order valence-corrected chi connectivity index (χ0v) is 18.3. The summed E-state index contributed by atoms with van der Waals surface area (Å²) in [4.78, 5) is 30.1. The Morgan fingerprint density at radius 1 is 1.29 bits per heavy atom. The third-order valence-corrected chi connectivity index (χ3v) is 7.06. The van der Waals surface area contributed by atoms with Crippen molar-refractivity contribution in [3.63, 3.8) is 0 Å². The van der Waals surface area contributed by atoms with Crippen LogP contribution in [0.5, 0.6) is 11.5 Å². The Labute approximate surface area is 186 Å². The van der Waals surface area contributed by atoms with Gasteiger partial charge in [-0.2, -0.15) is 0 Å². The van der Waals surface area contributed by atoms with Crippen LogP contribution in [-0.4, -0.2) is 47.3 Å². The zero-order valence-electron chi connectivity index (χ0n) is 16.7. The van der Waals surface area contributed by atoms with E-state index in [2.05, 4.69) is 10.3 Å². The number of aromatic nitrogens is 2. The smallest absolute Gasteiger partial charge is 0.272 e. The van der Waals surface area contributed by atoms with E-state index in [0.29, 0.717) is 40.0 Å². The number of amides is 1. The van der Waals surface area contributed by atoms with Gasteiger partial charge in [0.05, 0.1) is 23.9 Å². The van der Waals surface area contributed by atoms with Gasteiger partial charge in [0, 0.05) is 13.2 Å². The molecule has 3 aromatic rings. The van der Waals surface area contributed by atoms with Gasteiger partial charge in [-0.25, -0.2) is 4.98 Å². The molecular formula is C21H21N3O5S2. The maximum Gasteiger partial charge on any atom is 0.272 e. The van der Waals surface area contributed by atoms with Crippen molar-refractivity contribution in [2.75, 3.05) is 25.7 Å². The fraction of sp³-hybridized carbons (Fsp3) is 0.381. The van der Waals surface area contributed by atoms with Crippen LogP contribution in [0.15, 0.2) is 39.6 Å². The van der Waals surface area contributed by atoms with Crippen LogP contribution in [-0.2, 0) is 16.1 Å². The van der Waals surface area contributed by atoms with Crippen molar-refractivity contribution >= 4 is 39.2 Å². The van der Waals surface area contributed by atoms with Crippen molar-refractivity contribution in [3.8, 4) is 11.5 Å². The Balaban J connectivity index is 1.35. The molecule has 1 aromatic carbocycles. The summed E-state index contributed by atoms with van der Waals surface area (Å²) in [5.41, 5.74) is 1.44. The number of rotatable bonds is 7. The van der Waals surface area contributed by atoms with E-state index in [4.69, 9.17) is 14.2 Å². The lowest BCUT2D eigenvalue weighted by atomic mass is 10.2. The van der Waals surface area contributed by atoms with E-state index >= 15 is 0 Å². The Hall–Kier alpha value is -2.56. The Morgan fingerprint density at radius 3 is 3.06 bits per heavy atom. The lowest BCUT2D eigenvalue weighted by Crippen LogP contribution is -2.33. The predicted octanol–water partition coefficient (Wildman–Crippen LogP) is 2.62. The summed E-state index contributed by atoms with van der Waals surface area (Å²) in [7, 11) is 0. The first-order valence-electron chi connectivity index (χ1n) is 10.0. The van der Waals surface area contributed by atoms with Crippen LogP contribution in [0.2, 0.25) is 0 Å². The van der Waals surface area contributed by atoms with Crippen LogP contribution in [0.25, 0.3) is 10.2 Å². The Morgan fingerprint density at radius 2 is 2.19 bits per heavy atom. The molecule has 1 atom stereocenters. The molecule has 0 bridgehead atoms. The van der Waals surface area contributed by atoms with Gasteiger partial charge in [-0.1, -0.05) is 17.8 Å². The van der Waals surface area contributed by atoms with E-state index in [9.17, 15) is 9.59 Å². The van der Waals surface area contributed by atoms with Gasteiger partial charge in [0.2, 0.25) is 12.7 Å². The molecule has 1 saturated heterocycles. The zero-order chi connectivity index (χ0) is 21.2. The highest BCUT2D eigenvalue weighted by Gasteiger charge is 2.19. The minimum absolute atomic E-state index is 0.0958. The molecule has 1 amide bonds. The monoisotopic (exact) mass is 459 g/mol. The number of carbonyl (C=O) groups is 1. The number of thioether (sulfide) groups is 1. The number of benzene rings is 1. The molecular weight excluding hydrogens is 438 g/mol. The highest BCUT2D eigenvalue weighted by molar-refractivity contribution is 7.99. The van der Waals surface area contributed by atoms with Crippen LogP contribution in [0, 0.1) is 0 Å². The van der Waals surface area contributed by atoms with E-state index in [-0.39, 0.29) is 30.1 Å². The third kappa shape index (κ3) is 4.41. The topological polar surface area (TPSA) is 91.7 Å². The predicted molar refractivity (Wildman–Crippen MR) is 118 cm³/mol. The molecule has 162 valence electrons. The summed E-state index contributed by atoms with van der Waals surface area (Å²) >= 11 is 2.63. The molecule has 10 heteroatoms. The Bertz CT molecular complexity index is 1170. The highest BCUT2D eigenvalue weighted by atomic mass is 32.2. The summed E-state index contributed by atoms with van der Waals surface area (Å²) in [5.74, 6) is 1.43. The van der Waals surface area contributed by atoms with Gasteiger partial charge >= 0.3 is 0 Å². The van der Waals surface area contributed by atoms with Gasteiger partial charge in [0.15, 0.2) is 16.7 Å². The molecule has 1 N–H and O–H groups in total. The molecule has 0 aliphatic carbocycles. The van der Waals surface area contributed by atoms with Crippen molar-refractivity contribution in [1.29, 1.82) is 0 Å². The largest absolute Gasteiger partial charge is 0.454 e. The fourth-order valence-electron chi connectivity index (χ4n) is 3.61. The van der Waals surface area contributed by atoms with E-state index in [1.54, 1.807) is 4.57 Å². The molecule has 2 aromatic heterocycles. The molecule has 0 spiro atoms. The van der Waals surface area contributed by atoms with Crippen LogP contribution >= 0.6 is 23.1 Å². The van der Waals surface area contributed by atoms with Crippen molar-refractivity contribution in [2.24, 2.45) is 0 Å². The summed E-state index contributed by atoms with van der Waals surface area (Å²) in [6.45, 7) is 1.80. The average molecular weight is 460 g/mol. The number of hydrogen-bond acceptors (Lipinski definition) is 8. The summed E-state index contributed by atoms with van der Waals surface area (Å²) < 4.78 is 18.6. The van der Waals surface area contributed by atoms with Gasteiger partial charge in [-0.05, 0) is 42.0 Å². The average Bonchev–Trinajstić information content (AvgIpc) is 3.54. The summed E-state index contributed by atoms with van der Waals surface area (Å²) in [6, 6.07) is 7.44.